The zero-order valence-electron chi connectivity index (χ0n) is 8.62. The number of rotatable bonds is 6. The predicted molar refractivity (Wildman–Crippen MR) is 76.5 cm³/mol. The highest BCUT2D eigenvalue weighted by Crippen LogP contribution is 2.18. The Morgan fingerprint density at radius 2 is 1.94 bits per heavy atom. The summed E-state index contributed by atoms with van der Waals surface area (Å²) in [5.74, 6) is 0.614. The van der Waals surface area contributed by atoms with E-state index < -0.39 is 10.0 Å². The molecule has 0 fully saturated rings. The molecule has 1 N–H and O–H groups in total. The summed E-state index contributed by atoms with van der Waals surface area (Å²) >= 11 is 7.60. The van der Waals surface area contributed by atoms with Gasteiger partial charge in [0.15, 0.2) is 0 Å². The zero-order chi connectivity index (χ0) is 12.0. The van der Waals surface area contributed by atoms with Gasteiger partial charge in [-0.05, 0) is 47.6 Å². The quantitative estimate of drug-likeness (QED) is 0.473. The summed E-state index contributed by atoms with van der Waals surface area (Å²) in [6.07, 6.45) is 1.30. The monoisotopic (exact) mass is 373 g/mol. The maximum atomic E-state index is 11.7. The summed E-state index contributed by atoms with van der Waals surface area (Å²) in [4.78, 5) is 0. The molecule has 0 aliphatic heterocycles. The van der Waals surface area contributed by atoms with E-state index >= 15 is 0 Å². The van der Waals surface area contributed by atoms with Crippen LogP contribution in [0.1, 0.15) is 12.8 Å². The molecule has 0 saturated heterocycles. The molecule has 1 aromatic carbocycles. The summed E-state index contributed by atoms with van der Waals surface area (Å²) < 4.78 is 26.8. The molecule has 1 aromatic rings. The minimum absolute atomic E-state index is 0.116. The highest BCUT2D eigenvalue weighted by Gasteiger charge is 2.11. The van der Waals surface area contributed by atoms with Crippen molar-refractivity contribution in [2.45, 2.75) is 12.8 Å². The first kappa shape index (κ1) is 14.1. The molecule has 0 aliphatic carbocycles. The van der Waals surface area contributed by atoms with Crippen molar-refractivity contribution in [2.24, 2.45) is 0 Å². The second-order valence-corrected chi connectivity index (χ2v) is 6.68. The molecule has 3 nitrogen and oxygen atoms in total. The van der Waals surface area contributed by atoms with Crippen LogP contribution in [0.15, 0.2) is 24.3 Å². The van der Waals surface area contributed by atoms with Crippen molar-refractivity contribution in [1.29, 1.82) is 0 Å². The topological polar surface area (TPSA) is 46.2 Å². The van der Waals surface area contributed by atoms with Crippen LogP contribution < -0.4 is 4.72 Å². The number of sulfonamides is 1. The van der Waals surface area contributed by atoms with E-state index in [0.29, 0.717) is 24.4 Å². The van der Waals surface area contributed by atoms with E-state index in [1.807, 2.05) is 12.1 Å². The number of alkyl halides is 1. The third kappa shape index (κ3) is 4.88. The second kappa shape index (κ2) is 6.66. The molecule has 0 aliphatic rings. The molecular formula is C10H13ClINO2S. The smallest absolute Gasteiger partial charge is 0.232 e. The lowest BCUT2D eigenvalue weighted by Crippen LogP contribution is -2.17. The van der Waals surface area contributed by atoms with Crippen LogP contribution in [0.3, 0.4) is 0 Å². The summed E-state index contributed by atoms with van der Waals surface area (Å²) in [7, 11) is -3.24. The van der Waals surface area contributed by atoms with Crippen LogP contribution in [0.25, 0.3) is 0 Å². The van der Waals surface area contributed by atoms with Gasteiger partial charge >= 0.3 is 0 Å². The third-order valence-corrected chi connectivity index (χ3v) is 4.50. The van der Waals surface area contributed by atoms with E-state index in [1.54, 1.807) is 12.1 Å². The Kier molecular flexibility index (Phi) is 5.85. The van der Waals surface area contributed by atoms with E-state index in [2.05, 4.69) is 27.3 Å². The van der Waals surface area contributed by atoms with Gasteiger partial charge in [0.2, 0.25) is 10.0 Å². The average molecular weight is 374 g/mol. The standard InChI is InChI=1S/C10H13ClINO2S/c11-7-3-4-8-16(14,15)13-10-6-2-1-5-9(10)12/h1-2,5-6,13H,3-4,7-8H2. The second-order valence-electron chi connectivity index (χ2n) is 3.30. The fourth-order valence-electron chi connectivity index (χ4n) is 1.15. The molecule has 0 heterocycles. The van der Waals surface area contributed by atoms with Gasteiger partial charge in [0.05, 0.1) is 11.4 Å². The molecule has 0 saturated carbocycles. The molecule has 90 valence electrons. The van der Waals surface area contributed by atoms with E-state index in [9.17, 15) is 8.42 Å². The summed E-state index contributed by atoms with van der Waals surface area (Å²) in [6, 6.07) is 7.28. The summed E-state index contributed by atoms with van der Waals surface area (Å²) in [5, 5.41) is 0. The molecule has 0 atom stereocenters. The fraction of sp³-hybridized carbons (Fsp3) is 0.400. The maximum absolute atomic E-state index is 11.7. The largest absolute Gasteiger partial charge is 0.282 e. The molecule has 0 amide bonds. The van der Waals surface area contributed by atoms with Gasteiger partial charge in [0.25, 0.3) is 0 Å². The Hall–Kier alpha value is -0.0100. The van der Waals surface area contributed by atoms with Crippen LogP contribution in [0, 0.1) is 3.57 Å². The molecule has 0 aromatic heterocycles. The van der Waals surface area contributed by atoms with Gasteiger partial charge in [-0.15, -0.1) is 11.6 Å². The molecule has 1 rings (SSSR count). The zero-order valence-corrected chi connectivity index (χ0v) is 12.3. The van der Waals surface area contributed by atoms with Crippen molar-refractivity contribution in [3.63, 3.8) is 0 Å². The average Bonchev–Trinajstić information content (AvgIpc) is 2.21. The van der Waals surface area contributed by atoms with E-state index in [-0.39, 0.29) is 5.75 Å². The van der Waals surface area contributed by atoms with Gasteiger partial charge in [0.1, 0.15) is 0 Å². The molecule has 6 heteroatoms. The number of para-hydroxylation sites is 1. The number of hydrogen-bond acceptors (Lipinski definition) is 2. The minimum Gasteiger partial charge on any atom is -0.282 e. The Labute approximate surface area is 115 Å². The van der Waals surface area contributed by atoms with Gasteiger partial charge in [-0.25, -0.2) is 8.42 Å². The number of halogens is 2. The molecule has 0 radical (unpaired) electrons. The van der Waals surface area contributed by atoms with E-state index in [1.165, 1.54) is 0 Å². The number of anilines is 1. The van der Waals surface area contributed by atoms with E-state index in [0.717, 1.165) is 3.57 Å². The molecule has 0 unspecified atom stereocenters. The summed E-state index contributed by atoms with van der Waals surface area (Å²) in [6.45, 7) is 0. The van der Waals surface area contributed by atoms with Gasteiger partial charge in [-0.3, -0.25) is 4.72 Å². The lowest BCUT2D eigenvalue weighted by molar-refractivity contribution is 0.598. The van der Waals surface area contributed by atoms with Crippen molar-refractivity contribution in [2.75, 3.05) is 16.4 Å². The van der Waals surface area contributed by atoms with Crippen LogP contribution in [0.5, 0.6) is 0 Å². The van der Waals surface area contributed by atoms with Crippen LogP contribution in [-0.4, -0.2) is 20.1 Å². The summed E-state index contributed by atoms with van der Waals surface area (Å²) in [5.41, 5.74) is 0.633. The first-order valence-electron chi connectivity index (χ1n) is 4.86. The van der Waals surface area contributed by atoms with Gasteiger partial charge in [-0.2, -0.15) is 0 Å². The lowest BCUT2D eigenvalue weighted by atomic mass is 10.3. The van der Waals surface area contributed by atoms with E-state index in [4.69, 9.17) is 11.6 Å². The first-order chi connectivity index (χ1) is 7.55. The Bertz CT molecular complexity index is 436. The molecule has 0 spiro atoms. The minimum atomic E-state index is -3.24. The number of hydrogen-bond donors (Lipinski definition) is 1. The first-order valence-corrected chi connectivity index (χ1v) is 8.13. The number of unbranched alkanes of at least 4 members (excludes halogenated alkanes) is 1. The molecular weight excluding hydrogens is 361 g/mol. The lowest BCUT2D eigenvalue weighted by Gasteiger charge is -2.08. The highest BCUT2D eigenvalue weighted by molar-refractivity contribution is 14.1. The Morgan fingerprint density at radius 3 is 2.56 bits per heavy atom. The van der Waals surface area contributed by atoms with Crippen LogP contribution in [0.2, 0.25) is 0 Å². The molecule has 0 bridgehead atoms. The van der Waals surface area contributed by atoms with Crippen molar-refractivity contribution < 1.29 is 8.42 Å². The van der Waals surface area contributed by atoms with Crippen molar-refractivity contribution >= 4 is 49.9 Å². The van der Waals surface area contributed by atoms with Gasteiger partial charge in [0, 0.05) is 9.45 Å². The van der Waals surface area contributed by atoms with Gasteiger partial charge in [-0.1, -0.05) is 12.1 Å². The number of nitrogens with one attached hydrogen (secondary N) is 1. The van der Waals surface area contributed by atoms with Crippen LogP contribution in [-0.2, 0) is 10.0 Å². The number of benzene rings is 1. The van der Waals surface area contributed by atoms with Crippen LogP contribution in [0.4, 0.5) is 5.69 Å². The maximum Gasteiger partial charge on any atom is 0.232 e. The third-order valence-electron chi connectivity index (χ3n) is 1.94. The normalized spacial score (nSPS) is 11.4. The Balaban J connectivity index is 2.63. The van der Waals surface area contributed by atoms with Crippen molar-refractivity contribution in [1.82, 2.24) is 0 Å². The van der Waals surface area contributed by atoms with Gasteiger partial charge < -0.3 is 0 Å². The Morgan fingerprint density at radius 1 is 1.25 bits per heavy atom. The predicted octanol–water partition coefficient (Wildman–Crippen LogP) is 3.05. The highest BCUT2D eigenvalue weighted by atomic mass is 127. The SMILES string of the molecule is O=S(=O)(CCCCCl)Nc1ccccc1I. The fourth-order valence-corrected chi connectivity index (χ4v) is 3.24. The van der Waals surface area contributed by atoms with Crippen molar-refractivity contribution in [3.8, 4) is 0 Å². The van der Waals surface area contributed by atoms with Crippen LogP contribution >= 0.6 is 34.2 Å². The molecule has 16 heavy (non-hydrogen) atoms. The van der Waals surface area contributed by atoms with Crippen molar-refractivity contribution in [3.05, 3.63) is 27.8 Å².